The molecule has 0 saturated heterocycles. The van der Waals surface area contributed by atoms with Gasteiger partial charge in [0.15, 0.2) is 0 Å². The van der Waals surface area contributed by atoms with Gasteiger partial charge >= 0.3 is 0 Å². The van der Waals surface area contributed by atoms with Crippen molar-refractivity contribution in [2.24, 2.45) is 0 Å². The van der Waals surface area contributed by atoms with Crippen molar-refractivity contribution in [1.29, 1.82) is 0 Å². The number of benzene rings is 1. The Labute approximate surface area is 95.6 Å². The van der Waals surface area contributed by atoms with Crippen molar-refractivity contribution in [3.63, 3.8) is 0 Å². The molecular weight excluding hydrogens is 204 g/mol. The second kappa shape index (κ2) is 5.68. The van der Waals surface area contributed by atoms with Crippen LogP contribution in [0.3, 0.4) is 0 Å². The summed E-state index contributed by atoms with van der Waals surface area (Å²) in [6.07, 6.45) is 4.18. The summed E-state index contributed by atoms with van der Waals surface area (Å²) in [6, 6.07) is 10.1. The minimum atomic E-state index is -0.189. The van der Waals surface area contributed by atoms with Crippen LogP contribution in [0.4, 0.5) is 0 Å². The second-order valence-corrected chi connectivity index (χ2v) is 3.70. The van der Waals surface area contributed by atoms with E-state index in [4.69, 9.17) is 14.2 Å². The fourth-order valence-corrected chi connectivity index (χ4v) is 1.60. The Morgan fingerprint density at radius 1 is 1.31 bits per heavy atom. The zero-order valence-corrected chi connectivity index (χ0v) is 9.34. The standard InChI is InChI=1S/C13H16O3/c1-14-13-9-12(7-8-15-13)16-10-11-5-3-2-4-6-11/h2-8,12-13H,9-10H2,1H3/t12-,13-/m0/s1. The van der Waals surface area contributed by atoms with Gasteiger partial charge in [0.2, 0.25) is 6.29 Å². The molecule has 1 aromatic carbocycles. The smallest absolute Gasteiger partial charge is 0.201 e. The monoisotopic (exact) mass is 220 g/mol. The molecule has 0 radical (unpaired) electrons. The van der Waals surface area contributed by atoms with Crippen molar-refractivity contribution >= 4 is 0 Å². The van der Waals surface area contributed by atoms with E-state index in [1.54, 1.807) is 13.4 Å². The zero-order valence-electron chi connectivity index (χ0n) is 9.34. The summed E-state index contributed by atoms with van der Waals surface area (Å²) in [5.74, 6) is 0. The van der Waals surface area contributed by atoms with E-state index in [1.165, 1.54) is 5.56 Å². The minimum Gasteiger partial charge on any atom is -0.473 e. The molecule has 1 aliphatic heterocycles. The molecule has 0 fully saturated rings. The Bertz CT molecular complexity index is 334. The maximum absolute atomic E-state index is 5.75. The molecule has 1 aromatic rings. The number of rotatable bonds is 4. The quantitative estimate of drug-likeness (QED) is 0.780. The summed E-state index contributed by atoms with van der Waals surface area (Å²) in [5, 5.41) is 0. The van der Waals surface area contributed by atoms with Gasteiger partial charge in [0.05, 0.1) is 19.0 Å². The summed E-state index contributed by atoms with van der Waals surface area (Å²) in [5.41, 5.74) is 1.18. The molecule has 0 spiro atoms. The van der Waals surface area contributed by atoms with Gasteiger partial charge in [-0.1, -0.05) is 30.3 Å². The molecule has 3 heteroatoms. The third kappa shape index (κ3) is 3.08. The Hall–Kier alpha value is -1.32. The Balaban J connectivity index is 1.82. The fraction of sp³-hybridized carbons (Fsp3) is 0.385. The van der Waals surface area contributed by atoms with E-state index in [1.807, 2.05) is 24.3 Å². The summed E-state index contributed by atoms with van der Waals surface area (Å²) in [4.78, 5) is 0. The predicted molar refractivity (Wildman–Crippen MR) is 60.7 cm³/mol. The number of methoxy groups -OCH3 is 1. The van der Waals surface area contributed by atoms with Gasteiger partial charge < -0.3 is 14.2 Å². The molecule has 0 unspecified atom stereocenters. The van der Waals surface area contributed by atoms with Crippen molar-refractivity contribution in [3.05, 3.63) is 48.2 Å². The first-order chi connectivity index (χ1) is 7.88. The molecular formula is C13H16O3. The van der Waals surface area contributed by atoms with E-state index < -0.39 is 0 Å². The molecule has 1 aliphatic rings. The summed E-state index contributed by atoms with van der Waals surface area (Å²) in [7, 11) is 1.64. The average molecular weight is 220 g/mol. The number of hydrogen-bond donors (Lipinski definition) is 0. The van der Waals surface area contributed by atoms with Crippen molar-refractivity contribution in [3.8, 4) is 0 Å². The predicted octanol–water partition coefficient (Wildman–Crippen LogP) is 2.48. The first-order valence-electron chi connectivity index (χ1n) is 5.39. The normalized spacial score (nSPS) is 24.1. The molecule has 2 atom stereocenters. The van der Waals surface area contributed by atoms with Crippen LogP contribution in [0.1, 0.15) is 12.0 Å². The first-order valence-corrected chi connectivity index (χ1v) is 5.39. The van der Waals surface area contributed by atoms with Gasteiger partial charge in [0, 0.05) is 13.5 Å². The molecule has 0 amide bonds. The topological polar surface area (TPSA) is 27.7 Å². The van der Waals surface area contributed by atoms with Gasteiger partial charge in [-0.3, -0.25) is 0 Å². The third-order valence-corrected chi connectivity index (χ3v) is 2.52. The molecule has 0 saturated carbocycles. The van der Waals surface area contributed by atoms with E-state index in [2.05, 4.69) is 12.1 Å². The maximum Gasteiger partial charge on any atom is 0.201 e. The average Bonchev–Trinajstić information content (AvgIpc) is 2.38. The Kier molecular flexibility index (Phi) is 3.97. The molecule has 0 N–H and O–H groups in total. The van der Waals surface area contributed by atoms with E-state index in [9.17, 15) is 0 Å². The van der Waals surface area contributed by atoms with Gasteiger partial charge in [0.25, 0.3) is 0 Å². The summed E-state index contributed by atoms with van der Waals surface area (Å²) >= 11 is 0. The van der Waals surface area contributed by atoms with Crippen LogP contribution in [0.2, 0.25) is 0 Å². The van der Waals surface area contributed by atoms with Gasteiger partial charge in [0.1, 0.15) is 0 Å². The zero-order chi connectivity index (χ0) is 11.2. The van der Waals surface area contributed by atoms with Crippen LogP contribution >= 0.6 is 0 Å². The highest BCUT2D eigenvalue weighted by Gasteiger charge is 2.18. The Morgan fingerprint density at radius 2 is 2.12 bits per heavy atom. The van der Waals surface area contributed by atoms with Crippen LogP contribution < -0.4 is 0 Å². The fourth-order valence-electron chi connectivity index (χ4n) is 1.60. The van der Waals surface area contributed by atoms with E-state index >= 15 is 0 Å². The highest BCUT2D eigenvalue weighted by Crippen LogP contribution is 2.16. The van der Waals surface area contributed by atoms with Crippen molar-refractivity contribution in [1.82, 2.24) is 0 Å². The summed E-state index contributed by atoms with van der Waals surface area (Å²) in [6.45, 7) is 0.617. The minimum absolute atomic E-state index is 0.0684. The molecule has 0 bridgehead atoms. The van der Waals surface area contributed by atoms with Crippen molar-refractivity contribution < 1.29 is 14.2 Å². The number of hydrogen-bond acceptors (Lipinski definition) is 3. The van der Waals surface area contributed by atoms with Crippen molar-refractivity contribution in [2.75, 3.05) is 7.11 Å². The van der Waals surface area contributed by atoms with Gasteiger partial charge in [-0.05, 0) is 11.6 Å². The van der Waals surface area contributed by atoms with Crippen LogP contribution in [0, 0.1) is 0 Å². The maximum atomic E-state index is 5.75. The lowest BCUT2D eigenvalue weighted by Crippen LogP contribution is -2.25. The van der Waals surface area contributed by atoms with Crippen LogP contribution in [0.5, 0.6) is 0 Å². The first kappa shape index (κ1) is 11.2. The lowest BCUT2D eigenvalue weighted by Gasteiger charge is -2.24. The molecule has 3 nitrogen and oxygen atoms in total. The highest BCUT2D eigenvalue weighted by molar-refractivity contribution is 5.13. The van der Waals surface area contributed by atoms with E-state index in [-0.39, 0.29) is 12.4 Å². The second-order valence-electron chi connectivity index (χ2n) is 3.70. The molecule has 86 valence electrons. The third-order valence-electron chi connectivity index (χ3n) is 2.52. The number of ether oxygens (including phenoxy) is 3. The molecule has 1 heterocycles. The van der Waals surface area contributed by atoms with E-state index in [0.29, 0.717) is 6.61 Å². The van der Waals surface area contributed by atoms with Crippen LogP contribution in [-0.4, -0.2) is 19.5 Å². The van der Waals surface area contributed by atoms with Crippen LogP contribution in [0.15, 0.2) is 42.7 Å². The molecule has 0 aromatic heterocycles. The molecule has 0 aliphatic carbocycles. The lowest BCUT2D eigenvalue weighted by atomic mass is 10.2. The van der Waals surface area contributed by atoms with Crippen LogP contribution in [-0.2, 0) is 20.8 Å². The largest absolute Gasteiger partial charge is 0.473 e. The van der Waals surface area contributed by atoms with Gasteiger partial charge in [-0.25, -0.2) is 0 Å². The highest BCUT2D eigenvalue weighted by atomic mass is 16.7. The molecule has 2 rings (SSSR count). The molecule has 16 heavy (non-hydrogen) atoms. The van der Waals surface area contributed by atoms with Crippen molar-refractivity contribution in [2.45, 2.75) is 25.4 Å². The summed E-state index contributed by atoms with van der Waals surface area (Å²) < 4.78 is 16.1. The van der Waals surface area contributed by atoms with Crippen LogP contribution in [0.25, 0.3) is 0 Å². The van der Waals surface area contributed by atoms with Gasteiger partial charge in [-0.2, -0.15) is 0 Å². The Morgan fingerprint density at radius 3 is 2.88 bits per heavy atom. The SMILES string of the molecule is CO[C@@H]1C[C@@H](OCc2ccccc2)C=CO1. The van der Waals surface area contributed by atoms with E-state index in [0.717, 1.165) is 6.42 Å². The lowest BCUT2D eigenvalue weighted by molar-refractivity contribution is -0.120. The van der Waals surface area contributed by atoms with Gasteiger partial charge in [-0.15, -0.1) is 0 Å².